The first-order chi connectivity index (χ1) is 7.94. The van der Waals surface area contributed by atoms with E-state index in [4.69, 9.17) is 5.73 Å². The van der Waals surface area contributed by atoms with Gasteiger partial charge < -0.3 is 11.1 Å². The Hall–Kier alpha value is -1.02. The Balaban J connectivity index is 3.06. The standard InChI is InChI=1S/C15H26N2/c1-11(2)15(10-16,12(3)4)17-14-9-7-6-8-13(14)5/h6-9,11-12,17H,10,16H2,1-5H3. The quantitative estimate of drug-likeness (QED) is 0.819. The number of para-hydroxylation sites is 1. The van der Waals surface area contributed by atoms with Gasteiger partial charge in [0.15, 0.2) is 0 Å². The lowest BCUT2D eigenvalue weighted by atomic mass is 9.76. The Morgan fingerprint density at radius 2 is 1.65 bits per heavy atom. The van der Waals surface area contributed by atoms with Gasteiger partial charge in [0, 0.05) is 12.2 Å². The molecular formula is C15H26N2. The van der Waals surface area contributed by atoms with Crippen molar-refractivity contribution in [1.82, 2.24) is 0 Å². The Labute approximate surface area is 106 Å². The van der Waals surface area contributed by atoms with E-state index >= 15 is 0 Å². The van der Waals surface area contributed by atoms with Gasteiger partial charge in [-0.3, -0.25) is 0 Å². The molecule has 0 aliphatic heterocycles. The third-order valence-electron chi connectivity index (χ3n) is 3.91. The van der Waals surface area contributed by atoms with E-state index in [9.17, 15) is 0 Å². The topological polar surface area (TPSA) is 38.0 Å². The molecule has 96 valence electrons. The normalized spacial score (nSPS) is 12.2. The summed E-state index contributed by atoms with van der Waals surface area (Å²) in [4.78, 5) is 0. The Bertz CT molecular complexity index is 348. The maximum Gasteiger partial charge on any atom is 0.0541 e. The maximum atomic E-state index is 6.05. The molecule has 2 nitrogen and oxygen atoms in total. The van der Waals surface area contributed by atoms with Crippen LogP contribution in [0.1, 0.15) is 33.3 Å². The molecule has 0 saturated heterocycles. The molecule has 0 aliphatic rings. The largest absolute Gasteiger partial charge is 0.378 e. The number of nitrogens with two attached hydrogens (primary N) is 1. The molecule has 0 unspecified atom stereocenters. The second-order valence-electron chi connectivity index (χ2n) is 5.49. The van der Waals surface area contributed by atoms with Crippen molar-refractivity contribution in [2.24, 2.45) is 17.6 Å². The fourth-order valence-electron chi connectivity index (χ4n) is 2.44. The third-order valence-corrected chi connectivity index (χ3v) is 3.91. The van der Waals surface area contributed by atoms with Crippen LogP contribution in [-0.2, 0) is 0 Å². The summed E-state index contributed by atoms with van der Waals surface area (Å²) in [6.45, 7) is 11.7. The highest BCUT2D eigenvalue weighted by Gasteiger charge is 2.35. The summed E-state index contributed by atoms with van der Waals surface area (Å²) in [5, 5.41) is 3.68. The molecule has 0 amide bonds. The van der Waals surface area contributed by atoms with E-state index in [1.165, 1.54) is 11.3 Å². The van der Waals surface area contributed by atoms with Crippen LogP contribution in [0.5, 0.6) is 0 Å². The number of rotatable bonds is 5. The second-order valence-corrected chi connectivity index (χ2v) is 5.49. The molecule has 0 saturated carbocycles. The molecule has 1 rings (SSSR count). The zero-order valence-electron chi connectivity index (χ0n) is 11.7. The van der Waals surface area contributed by atoms with Crippen molar-refractivity contribution in [1.29, 1.82) is 0 Å². The minimum absolute atomic E-state index is 0.0356. The monoisotopic (exact) mass is 234 g/mol. The first kappa shape index (κ1) is 14.0. The smallest absolute Gasteiger partial charge is 0.0541 e. The van der Waals surface area contributed by atoms with Gasteiger partial charge in [-0.15, -0.1) is 0 Å². The second kappa shape index (κ2) is 5.54. The molecule has 0 heterocycles. The van der Waals surface area contributed by atoms with Crippen molar-refractivity contribution in [2.45, 2.75) is 40.2 Å². The molecule has 0 aliphatic carbocycles. The summed E-state index contributed by atoms with van der Waals surface area (Å²) >= 11 is 0. The summed E-state index contributed by atoms with van der Waals surface area (Å²) in [5.74, 6) is 0.985. The molecule has 2 heteroatoms. The predicted octanol–water partition coefficient (Wildman–Crippen LogP) is 3.42. The van der Waals surface area contributed by atoms with Gasteiger partial charge in [-0.25, -0.2) is 0 Å². The van der Waals surface area contributed by atoms with Crippen LogP contribution in [0, 0.1) is 18.8 Å². The first-order valence-electron chi connectivity index (χ1n) is 6.48. The fraction of sp³-hybridized carbons (Fsp3) is 0.600. The van der Waals surface area contributed by atoms with Gasteiger partial charge in [0.1, 0.15) is 0 Å². The summed E-state index contributed by atoms with van der Waals surface area (Å²) in [6.07, 6.45) is 0. The van der Waals surface area contributed by atoms with Crippen LogP contribution in [-0.4, -0.2) is 12.1 Å². The zero-order chi connectivity index (χ0) is 13.1. The SMILES string of the molecule is Cc1ccccc1NC(CN)(C(C)C)C(C)C. The van der Waals surface area contributed by atoms with E-state index in [-0.39, 0.29) is 5.54 Å². The van der Waals surface area contributed by atoms with Gasteiger partial charge >= 0.3 is 0 Å². The number of nitrogens with one attached hydrogen (secondary N) is 1. The summed E-state index contributed by atoms with van der Waals surface area (Å²) in [6, 6.07) is 8.39. The van der Waals surface area contributed by atoms with E-state index in [0.717, 1.165) is 0 Å². The number of benzene rings is 1. The van der Waals surface area contributed by atoms with Crippen LogP contribution < -0.4 is 11.1 Å². The molecule has 3 N–H and O–H groups in total. The lowest BCUT2D eigenvalue weighted by molar-refractivity contribution is 0.261. The molecule has 0 atom stereocenters. The van der Waals surface area contributed by atoms with Gasteiger partial charge in [0.05, 0.1) is 5.54 Å². The molecule has 0 radical (unpaired) electrons. The average Bonchev–Trinajstić information content (AvgIpc) is 2.27. The molecule has 1 aromatic rings. The highest BCUT2D eigenvalue weighted by atomic mass is 15.0. The van der Waals surface area contributed by atoms with Crippen molar-refractivity contribution in [3.63, 3.8) is 0 Å². The Morgan fingerprint density at radius 3 is 2.06 bits per heavy atom. The van der Waals surface area contributed by atoms with E-state index in [1.807, 2.05) is 0 Å². The summed E-state index contributed by atoms with van der Waals surface area (Å²) in [5.41, 5.74) is 8.47. The van der Waals surface area contributed by atoms with Gasteiger partial charge in [0.25, 0.3) is 0 Å². The van der Waals surface area contributed by atoms with Crippen LogP contribution in [0.25, 0.3) is 0 Å². The molecule has 17 heavy (non-hydrogen) atoms. The number of anilines is 1. The van der Waals surface area contributed by atoms with Gasteiger partial charge in [0.2, 0.25) is 0 Å². The van der Waals surface area contributed by atoms with Crippen LogP contribution in [0.2, 0.25) is 0 Å². The number of hydrogen-bond acceptors (Lipinski definition) is 2. The van der Waals surface area contributed by atoms with E-state index in [1.54, 1.807) is 0 Å². The first-order valence-corrected chi connectivity index (χ1v) is 6.48. The van der Waals surface area contributed by atoms with Crippen molar-refractivity contribution in [2.75, 3.05) is 11.9 Å². The van der Waals surface area contributed by atoms with E-state index < -0.39 is 0 Å². The highest BCUT2D eigenvalue weighted by Crippen LogP contribution is 2.30. The lowest BCUT2D eigenvalue weighted by Crippen LogP contribution is -2.54. The predicted molar refractivity (Wildman–Crippen MR) is 76.3 cm³/mol. The van der Waals surface area contributed by atoms with E-state index in [2.05, 4.69) is 64.2 Å². The third kappa shape index (κ3) is 2.81. The molecular weight excluding hydrogens is 208 g/mol. The van der Waals surface area contributed by atoms with Crippen molar-refractivity contribution < 1.29 is 0 Å². The maximum absolute atomic E-state index is 6.05. The van der Waals surface area contributed by atoms with Gasteiger partial charge in [-0.2, -0.15) is 0 Å². The number of aryl methyl sites for hydroxylation is 1. The minimum atomic E-state index is -0.0356. The Morgan fingerprint density at radius 1 is 1.12 bits per heavy atom. The van der Waals surface area contributed by atoms with Crippen LogP contribution in [0.3, 0.4) is 0 Å². The molecule has 0 bridgehead atoms. The van der Waals surface area contributed by atoms with Crippen molar-refractivity contribution in [3.05, 3.63) is 29.8 Å². The van der Waals surface area contributed by atoms with E-state index in [0.29, 0.717) is 18.4 Å². The minimum Gasteiger partial charge on any atom is -0.378 e. The Kier molecular flexibility index (Phi) is 4.58. The average molecular weight is 234 g/mol. The molecule has 0 spiro atoms. The summed E-state index contributed by atoms with van der Waals surface area (Å²) in [7, 11) is 0. The van der Waals surface area contributed by atoms with Crippen molar-refractivity contribution in [3.8, 4) is 0 Å². The zero-order valence-corrected chi connectivity index (χ0v) is 11.7. The number of hydrogen-bond donors (Lipinski definition) is 2. The van der Waals surface area contributed by atoms with Gasteiger partial charge in [-0.1, -0.05) is 45.9 Å². The molecule has 0 aromatic heterocycles. The fourth-order valence-corrected chi connectivity index (χ4v) is 2.44. The molecule has 0 fully saturated rings. The van der Waals surface area contributed by atoms with Crippen LogP contribution >= 0.6 is 0 Å². The van der Waals surface area contributed by atoms with Crippen molar-refractivity contribution >= 4 is 5.69 Å². The van der Waals surface area contributed by atoms with Gasteiger partial charge in [-0.05, 0) is 30.4 Å². The highest BCUT2D eigenvalue weighted by molar-refractivity contribution is 5.52. The molecule has 1 aromatic carbocycles. The lowest BCUT2D eigenvalue weighted by Gasteiger charge is -2.42. The van der Waals surface area contributed by atoms with Crippen LogP contribution in [0.15, 0.2) is 24.3 Å². The van der Waals surface area contributed by atoms with Crippen LogP contribution in [0.4, 0.5) is 5.69 Å². The summed E-state index contributed by atoms with van der Waals surface area (Å²) < 4.78 is 0.